The van der Waals surface area contributed by atoms with E-state index in [-0.39, 0.29) is 11.6 Å². The highest BCUT2D eigenvalue weighted by Gasteiger charge is 2.27. The number of piperidine rings is 1. The maximum absolute atomic E-state index is 13.7. The summed E-state index contributed by atoms with van der Waals surface area (Å²) in [6, 6.07) is 2.61. The molecule has 1 unspecified atom stereocenters. The molecule has 0 spiro atoms. The number of likely N-dealkylation sites (tertiary alicyclic amines) is 1. The number of hydrogen-bond acceptors (Lipinski definition) is 1. The van der Waals surface area contributed by atoms with Gasteiger partial charge in [-0.25, -0.2) is 8.78 Å². The molecule has 1 aliphatic heterocycles. The van der Waals surface area contributed by atoms with Gasteiger partial charge < -0.3 is 4.90 Å². The van der Waals surface area contributed by atoms with Crippen LogP contribution < -0.4 is 0 Å². The van der Waals surface area contributed by atoms with Crippen LogP contribution in [0.5, 0.6) is 0 Å². The lowest BCUT2D eigenvalue weighted by Crippen LogP contribution is -2.42. The fourth-order valence-electron chi connectivity index (χ4n) is 2.43. The number of benzene rings is 1. The molecule has 1 heterocycles. The second-order valence-corrected chi connectivity index (χ2v) is 4.95. The first kappa shape index (κ1) is 13.0. The molecule has 0 N–H and O–H groups in total. The van der Waals surface area contributed by atoms with E-state index in [1.54, 1.807) is 11.8 Å². The Labute approximate surface area is 106 Å². The monoisotopic (exact) mass is 253 g/mol. The Bertz CT molecular complexity index is 473. The first-order chi connectivity index (χ1) is 8.50. The quantitative estimate of drug-likeness (QED) is 0.752. The van der Waals surface area contributed by atoms with Gasteiger partial charge in [-0.15, -0.1) is 0 Å². The SMILES string of the molecule is Cc1cc(F)c(F)c(C(=O)N2CCCCC2C)c1. The molecule has 0 radical (unpaired) electrons. The molecular formula is C14H17F2NO. The molecule has 0 bridgehead atoms. The average molecular weight is 253 g/mol. The maximum atomic E-state index is 13.7. The molecule has 0 saturated carbocycles. The van der Waals surface area contributed by atoms with Crippen molar-refractivity contribution in [2.75, 3.05) is 6.54 Å². The predicted molar refractivity (Wildman–Crippen MR) is 65.4 cm³/mol. The van der Waals surface area contributed by atoms with Gasteiger partial charge in [0.25, 0.3) is 5.91 Å². The summed E-state index contributed by atoms with van der Waals surface area (Å²) in [5, 5.41) is 0. The average Bonchev–Trinajstić information content (AvgIpc) is 2.33. The third-order valence-corrected chi connectivity index (χ3v) is 3.47. The normalized spacial score (nSPS) is 20.0. The van der Waals surface area contributed by atoms with E-state index in [0.717, 1.165) is 25.3 Å². The number of amides is 1. The van der Waals surface area contributed by atoms with Gasteiger partial charge in [0.2, 0.25) is 0 Å². The van der Waals surface area contributed by atoms with Crippen molar-refractivity contribution >= 4 is 5.91 Å². The number of aryl methyl sites for hydroxylation is 1. The van der Waals surface area contributed by atoms with Crippen molar-refractivity contribution in [3.63, 3.8) is 0 Å². The molecule has 1 aliphatic rings. The van der Waals surface area contributed by atoms with Crippen LogP contribution in [0.2, 0.25) is 0 Å². The molecule has 1 saturated heterocycles. The topological polar surface area (TPSA) is 20.3 Å². The molecule has 1 amide bonds. The van der Waals surface area contributed by atoms with E-state index < -0.39 is 17.5 Å². The second kappa shape index (κ2) is 5.04. The summed E-state index contributed by atoms with van der Waals surface area (Å²) in [5.41, 5.74) is 0.406. The summed E-state index contributed by atoms with van der Waals surface area (Å²) in [5.74, 6) is -2.39. The minimum atomic E-state index is -1.04. The van der Waals surface area contributed by atoms with Crippen LogP contribution in [0.1, 0.15) is 42.1 Å². The molecule has 98 valence electrons. The van der Waals surface area contributed by atoms with E-state index in [1.807, 2.05) is 6.92 Å². The zero-order valence-corrected chi connectivity index (χ0v) is 10.7. The maximum Gasteiger partial charge on any atom is 0.257 e. The van der Waals surface area contributed by atoms with Crippen LogP contribution in [-0.2, 0) is 0 Å². The van der Waals surface area contributed by atoms with Crippen LogP contribution in [0, 0.1) is 18.6 Å². The van der Waals surface area contributed by atoms with Crippen LogP contribution in [0.25, 0.3) is 0 Å². The molecule has 1 aromatic rings. The van der Waals surface area contributed by atoms with E-state index >= 15 is 0 Å². The molecule has 1 aromatic carbocycles. The second-order valence-electron chi connectivity index (χ2n) is 4.95. The number of rotatable bonds is 1. The van der Waals surface area contributed by atoms with E-state index in [4.69, 9.17) is 0 Å². The Hall–Kier alpha value is -1.45. The highest BCUT2D eigenvalue weighted by molar-refractivity contribution is 5.95. The van der Waals surface area contributed by atoms with Crippen molar-refractivity contribution in [3.05, 3.63) is 34.9 Å². The molecule has 2 rings (SSSR count). The smallest absolute Gasteiger partial charge is 0.257 e. The predicted octanol–water partition coefficient (Wildman–Crippen LogP) is 3.29. The molecule has 0 aliphatic carbocycles. The van der Waals surface area contributed by atoms with E-state index in [0.29, 0.717) is 12.1 Å². The van der Waals surface area contributed by atoms with Gasteiger partial charge in [-0.3, -0.25) is 4.79 Å². The standard InChI is InChI=1S/C14H17F2NO/c1-9-7-11(13(16)12(15)8-9)14(18)17-6-4-3-5-10(17)2/h7-8,10H,3-6H2,1-2H3. The van der Waals surface area contributed by atoms with Crippen LogP contribution in [-0.4, -0.2) is 23.4 Å². The molecule has 0 aromatic heterocycles. The molecule has 18 heavy (non-hydrogen) atoms. The summed E-state index contributed by atoms with van der Waals surface area (Å²) in [4.78, 5) is 13.9. The Morgan fingerprint density at radius 1 is 1.33 bits per heavy atom. The van der Waals surface area contributed by atoms with Gasteiger partial charge in [-0.2, -0.15) is 0 Å². The highest BCUT2D eigenvalue weighted by Crippen LogP contribution is 2.22. The van der Waals surface area contributed by atoms with Crippen molar-refractivity contribution in [1.82, 2.24) is 4.90 Å². The minimum Gasteiger partial charge on any atom is -0.336 e. The minimum absolute atomic E-state index is 0.0919. The van der Waals surface area contributed by atoms with Crippen molar-refractivity contribution < 1.29 is 13.6 Å². The molecule has 2 nitrogen and oxygen atoms in total. The van der Waals surface area contributed by atoms with Crippen LogP contribution in [0.3, 0.4) is 0 Å². The first-order valence-corrected chi connectivity index (χ1v) is 6.27. The van der Waals surface area contributed by atoms with E-state index in [2.05, 4.69) is 0 Å². The van der Waals surface area contributed by atoms with Crippen LogP contribution in [0.4, 0.5) is 8.78 Å². The Morgan fingerprint density at radius 3 is 2.72 bits per heavy atom. The van der Waals surface area contributed by atoms with Gasteiger partial charge >= 0.3 is 0 Å². The first-order valence-electron chi connectivity index (χ1n) is 6.27. The highest BCUT2D eigenvalue weighted by atomic mass is 19.2. The number of halogens is 2. The summed E-state index contributed by atoms with van der Waals surface area (Å²) >= 11 is 0. The van der Waals surface area contributed by atoms with Gasteiger partial charge in [0.15, 0.2) is 11.6 Å². The lowest BCUT2D eigenvalue weighted by Gasteiger charge is -2.33. The van der Waals surface area contributed by atoms with Crippen molar-refractivity contribution in [2.45, 2.75) is 39.2 Å². The molecule has 4 heteroatoms. The third-order valence-electron chi connectivity index (χ3n) is 3.47. The Morgan fingerprint density at radius 2 is 2.06 bits per heavy atom. The van der Waals surface area contributed by atoms with Crippen molar-refractivity contribution in [3.8, 4) is 0 Å². The summed E-state index contributed by atoms with van der Waals surface area (Å²) in [6.07, 6.45) is 2.92. The fourth-order valence-corrected chi connectivity index (χ4v) is 2.43. The molecule has 1 atom stereocenters. The largest absolute Gasteiger partial charge is 0.336 e. The zero-order chi connectivity index (χ0) is 13.3. The summed E-state index contributed by atoms with van der Waals surface area (Å²) in [7, 11) is 0. The Kier molecular flexibility index (Phi) is 3.64. The van der Waals surface area contributed by atoms with Gasteiger partial charge in [-0.1, -0.05) is 0 Å². The van der Waals surface area contributed by atoms with Crippen molar-refractivity contribution in [2.24, 2.45) is 0 Å². The summed E-state index contributed by atoms with van der Waals surface area (Å²) in [6.45, 7) is 4.22. The fraction of sp³-hybridized carbons (Fsp3) is 0.500. The number of carbonyl (C=O) groups excluding carboxylic acids is 1. The summed E-state index contributed by atoms with van der Waals surface area (Å²) < 4.78 is 27.0. The number of hydrogen-bond donors (Lipinski definition) is 0. The third kappa shape index (κ3) is 2.37. The Balaban J connectivity index is 2.33. The van der Waals surface area contributed by atoms with E-state index in [1.165, 1.54) is 6.07 Å². The van der Waals surface area contributed by atoms with Crippen LogP contribution in [0.15, 0.2) is 12.1 Å². The van der Waals surface area contributed by atoms with Gasteiger partial charge in [0.1, 0.15) is 0 Å². The zero-order valence-electron chi connectivity index (χ0n) is 10.7. The van der Waals surface area contributed by atoms with Crippen LogP contribution >= 0.6 is 0 Å². The lowest BCUT2D eigenvalue weighted by molar-refractivity contribution is 0.0629. The lowest BCUT2D eigenvalue weighted by atomic mass is 10.0. The van der Waals surface area contributed by atoms with Gasteiger partial charge in [0.05, 0.1) is 5.56 Å². The van der Waals surface area contributed by atoms with Gasteiger partial charge in [0, 0.05) is 12.6 Å². The number of nitrogens with zero attached hydrogens (tertiary/aromatic N) is 1. The van der Waals surface area contributed by atoms with Crippen molar-refractivity contribution in [1.29, 1.82) is 0 Å². The molecule has 1 fully saturated rings. The molecular weight excluding hydrogens is 236 g/mol. The van der Waals surface area contributed by atoms with E-state index in [9.17, 15) is 13.6 Å². The number of carbonyl (C=O) groups is 1. The van der Waals surface area contributed by atoms with Gasteiger partial charge in [-0.05, 0) is 50.8 Å².